The standard InChI is InChI=1S/C23H18FN3O/c1-13-3-4-16(23(25)28)11-21(13)15-5-7-20-17(10-15)12-26-27-22(20)19-8-6-18(24)9-14(19)2/h3-12H,1-2H3,(H2,25,28). The molecule has 4 nitrogen and oxygen atoms in total. The summed E-state index contributed by atoms with van der Waals surface area (Å²) in [6.45, 7) is 3.84. The van der Waals surface area contributed by atoms with E-state index in [4.69, 9.17) is 5.73 Å². The van der Waals surface area contributed by atoms with Gasteiger partial charge in [-0.1, -0.05) is 18.2 Å². The van der Waals surface area contributed by atoms with Crippen LogP contribution in [0.2, 0.25) is 0 Å². The molecule has 1 heterocycles. The average molecular weight is 371 g/mol. The van der Waals surface area contributed by atoms with Gasteiger partial charge in [0.15, 0.2) is 0 Å². The molecular formula is C23H18FN3O. The molecule has 2 N–H and O–H groups in total. The molecule has 0 saturated carbocycles. The Morgan fingerprint density at radius 3 is 2.50 bits per heavy atom. The van der Waals surface area contributed by atoms with E-state index in [9.17, 15) is 9.18 Å². The van der Waals surface area contributed by atoms with Crippen molar-refractivity contribution in [3.05, 3.63) is 83.3 Å². The van der Waals surface area contributed by atoms with Gasteiger partial charge in [-0.15, -0.1) is 5.10 Å². The van der Waals surface area contributed by atoms with Crippen LogP contribution in [0.25, 0.3) is 33.2 Å². The first-order valence-corrected chi connectivity index (χ1v) is 8.87. The maximum atomic E-state index is 13.5. The quantitative estimate of drug-likeness (QED) is 0.561. The minimum Gasteiger partial charge on any atom is -0.366 e. The van der Waals surface area contributed by atoms with Gasteiger partial charge in [0.2, 0.25) is 5.91 Å². The van der Waals surface area contributed by atoms with Gasteiger partial charge < -0.3 is 5.73 Å². The molecule has 0 bridgehead atoms. The number of nitrogens with two attached hydrogens (primary N) is 1. The molecule has 4 aromatic rings. The Morgan fingerprint density at radius 1 is 0.929 bits per heavy atom. The minimum atomic E-state index is -0.457. The Kier molecular flexibility index (Phi) is 4.35. The number of aromatic nitrogens is 2. The third-order valence-corrected chi connectivity index (χ3v) is 4.94. The zero-order valence-electron chi connectivity index (χ0n) is 15.5. The molecule has 28 heavy (non-hydrogen) atoms. The zero-order chi connectivity index (χ0) is 19.8. The van der Waals surface area contributed by atoms with Crippen molar-refractivity contribution in [3.8, 4) is 22.4 Å². The van der Waals surface area contributed by atoms with Crippen LogP contribution >= 0.6 is 0 Å². The topological polar surface area (TPSA) is 68.9 Å². The second-order valence-corrected chi connectivity index (χ2v) is 6.85. The molecule has 3 aromatic carbocycles. The van der Waals surface area contributed by atoms with Crippen LogP contribution in [0.4, 0.5) is 4.39 Å². The van der Waals surface area contributed by atoms with E-state index in [1.807, 2.05) is 38.1 Å². The van der Waals surface area contributed by atoms with Crippen LogP contribution in [0.1, 0.15) is 21.5 Å². The lowest BCUT2D eigenvalue weighted by molar-refractivity contribution is 0.100. The number of primary amides is 1. The molecule has 1 aromatic heterocycles. The SMILES string of the molecule is Cc1ccc(C(N)=O)cc1-c1ccc2c(-c3ccc(F)cc3C)nncc2c1. The number of halogens is 1. The lowest BCUT2D eigenvalue weighted by Crippen LogP contribution is -2.10. The van der Waals surface area contributed by atoms with E-state index in [0.717, 1.165) is 38.6 Å². The van der Waals surface area contributed by atoms with Crippen molar-refractivity contribution in [2.45, 2.75) is 13.8 Å². The highest BCUT2D eigenvalue weighted by Crippen LogP contribution is 2.32. The first-order chi connectivity index (χ1) is 13.4. The van der Waals surface area contributed by atoms with Gasteiger partial charge in [0.25, 0.3) is 0 Å². The zero-order valence-corrected chi connectivity index (χ0v) is 15.5. The van der Waals surface area contributed by atoms with Crippen molar-refractivity contribution >= 4 is 16.7 Å². The summed E-state index contributed by atoms with van der Waals surface area (Å²) in [5.41, 5.74) is 11.2. The Morgan fingerprint density at radius 2 is 1.75 bits per heavy atom. The van der Waals surface area contributed by atoms with Gasteiger partial charge in [-0.2, -0.15) is 5.10 Å². The van der Waals surface area contributed by atoms with E-state index in [1.165, 1.54) is 12.1 Å². The number of hydrogen-bond acceptors (Lipinski definition) is 3. The van der Waals surface area contributed by atoms with Crippen LogP contribution < -0.4 is 5.73 Å². The maximum absolute atomic E-state index is 13.5. The van der Waals surface area contributed by atoms with Gasteiger partial charge in [-0.05, 0) is 72.5 Å². The van der Waals surface area contributed by atoms with Crippen molar-refractivity contribution in [2.24, 2.45) is 5.73 Å². The summed E-state index contributed by atoms with van der Waals surface area (Å²) in [7, 11) is 0. The maximum Gasteiger partial charge on any atom is 0.248 e. The molecule has 1 amide bonds. The van der Waals surface area contributed by atoms with E-state index in [-0.39, 0.29) is 5.82 Å². The summed E-state index contributed by atoms with van der Waals surface area (Å²) in [5, 5.41) is 10.3. The monoisotopic (exact) mass is 371 g/mol. The number of carbonyl (C=O) groups is 1. The Labute approximate surface area is 161 Å². The number of fused-ring (bicyclic) bond motifs is 1. The average Bonchev–Trinajstić information content (AvgIpc) is 2.67. The summed E-state index contributed by atoms with van der Waals surface area (Å²) >= 11 is 0. The molecule has 0 aliphatic carbocycles. The number of nitrogens with zero attached hydrogens (tertiary/aromatic N) is 2. The smallest absolute Gasteiger partial charge is 0.248 e. The first kappa shape index (κ1) is 17.8. The highest BCUT2D eigenvalue weighted by atomic mass is 19.1. The van der Waals surface area contributed by atoms with Gasteiger partial charge in [-0.25, -0.2) is 4.39 Å². The molecule has 4 rings (SSSR count). The largest absolute Gasteiger partial charge is 0.366 e. The predicted molar refractivity (Wildman–Crippen MR) is 108 cm³/mol. The molecule has 0 spiro atoms. The fourth-order valence-electron chi connectivity index (χ4n) is 3.43. The first-order valence-electron chi connectivity index (χ1n) is 8.87. The van der Waals surface area contributed by atoms with Crippen molar-refractivity contribution in [1.82, 2.24) is 10.2 Å². The number of rotatable bonds is 3. The summed E-state index contributed by atoms with van der Waals surface area (Å²) in [5.74, 6) is -0.733. The molecule has 0 fully saturated rings. The second-order valence-electron chi connectivity index (χ2n) is 6.85. The number of aryl methyl sites for hydroxylation is 2. The highest BCUT2D eigenvalue weighted by Gasteiger charge is 2.12. The number of hydrogen-bond donors (Lipinski definition) is 1. The van der Waals surface area contributed by atoms with Gasteiger partial charge in [0.05, 0.1) is 6.20 Å². The van der Waals surface area contributed by atoms with Crippen molar-refractivity contribution in [2.75, 3.05) is 0 Å². The normalized spacial score (nSPS) is 11.0. The van der Waals surface area contributed by atoms with E-state index >= 15 is 0 Å². The van der Waals surface area contributed by atoms with Gasteiger partial charge in [0, 0.05) is 21.9 Å². The third kappa shape index (κ3) is 3.11. The van der Waals surface area contributed by atoms with Crippen LogP contribution in [0.5, 0.6) is 0 Å². The van der Waals surface area contributed by atoms with Crippen LogP contribution in [0.15, 0.2) is 60.8 Å². The van der Waals surface area contributed by atoms with E-state index in [2.05, 4.69) is 10.2 Å². The fraction of sp³-hybridized carbons (Fsp3) is 0.0870. The highest BCUT2D eigenvalue weighted by molar-refractivity contribution is 5.98. The lowest BCUT2D eigenvalue weighted by Gasteiger charge is -2.11. The van der Waals surface area contributed by atoms with Crippen molar-refractivity contribution < 1.29 is 9.18 Å². The van der Waals surface area contributed by atoms with E-state index in [0.29, 0.717) is 11.3 Å². The molecule has 0 aliphatic heterocycles. The van der Waals surface area contributed by atoms with Crippen molar-refractivity contribution in [3.63, 3.8) is 0 Å². The van der Waals surface area contributed by atoms with Crippen LogP contribution in [0.3, 0.4) is 0 Å². The molecule has 0 radical (unpaired) electrons. The Bertz CT molecular complexity index is 1230. The minimum absolute atomic E-state index is 0.276. The molecule has 138 valence electrons. The summed E-state index contributed by atoms with van der Waals surface area (Å²) in [4.78, 5) is 11.5. The van der Waals surface area contributed by atoms with Gasteiger partial charge in [-0.3, -0.25) is 4.79 Å². The number of carbonyl (C=O) groups excluding carboxylic acids is 1. The third-order valence-electron chi connectivity index (χ3n) is 4.94. The summed E-state index contributed by atoms with van der Waals surface area (Å²) in [6.07, 6.45) is 1.70. The van der Waals surface area contributed by atoms with Crippen LogP contribution in [-0.2, 0) is 0 Å². The summed E-state index contributed by atoms with van der Waals surface area (Å²) in [6, 6.07) is 16.0. The predicted octanol–water partition coefficient (Wildman–Crippen LogP) is 4.82. The molecule has 0 saturated heterocycles. The van der Waals surface area contributed by atoms with Crippen LogP contribution in [-0.4, -0.2) is 16.1 Å². The van der Waals surface area contributed by atoms with Gasteiger partial charge >= 0.3 is 0 Å². The Balaban J connectivity index is 1.88. The number of amides is 1. The number of benzene rings is 3. The molecule has 0 aliphatic rings. The van der Waals surface area contributed by atoms with E-state index < -0.39 is 5.91 Å². The van der Waals surface area contributed by atoms with E-state index in [1.54, 1.807) is 24.4 Å². The second kappa shape index (κ2) is 6.85. The Hall–Kier alpha value is -3.60. The fourth-order valence-corrected chi connectivity index (χ4v) is 3.43. The summed E-state index contributed by atoms with van der Waals surface area (Å²) < 4.78 is 13.5. The molecule has 0 unspecified atom stereocenters. The lowest BCUT2D eigenvalue weighted by atomic mass is 9.94. The molecular weight excluding hydrogens is 353 g/mol. The molecule has 5 heteroatoms. The van der Waals surface area contributed by atoms with Crippen LogP contribution in [0, 0.1) is 19.7 Å². The van der Waals surface area contributed by atoms with Gasteiger partial charge in [0.1, 0.15) is 11.5 Å². The van der Waals surface area contributed by atoms with Crippen molar-refractivity contribution in [1.29, 1.82) is 0 Å². The molecule has 0 atom stereocenters.